The van der Waals surface area contributed by atoms with E-state index < -0.39 is 34.8 Å². The molecule has 0 aromatic heterocycles. The fraction of sp³-hybridized carbons (Fsp3) is 0.323. The van der Waals surface area contributed by atoms with Crippen LogP contribution in [0.5, 0.6) is 5.75 Å². The number of benzene rings is 3. The third kappa shape index (κ3) is 4.27. The number of methoxy groups -OCH3 is 1. The van der Waals surface area contributed by atoms with Crippen molar-refractivity contribution in [3.05, 3.63) is 92.7 Å². The van der Waals surface area contributed by atoms with E-state index in [1.54, 1.807) is 49.4 Å². The predicted octanol–water partition coefficient (Wildman–Crippen LogP) is 6.15. The van der Waals surface area contributed by atoms with Gasteiger partial charge in [0.05, 0.1) is 13.2 Å². The van der Waals surface area contributed by atoms with Crippen LogP contribution < -0.4 is 15.4 Å². The Morgan fingerprint density at radius 1 is 1.00 bits per heavy atom. The van der Waals surface area contributed by atoms with Crippen LogP contribution in [-0.4, -0.2) is 30.5 Å². The Balaban J connectivity index is 1.61. The number of halogens is 3. The summed E-state index contributed by atoms with van der Waals surface area (Å²) in [5.74, 6) is -2.19. The normalized spacial score (nSPS) is 24.2. The summed E-state index contributed by atoms with van der Waals surface area (Å²) in [6.45, 7) is 1.80. The molecule has 3 aromatic rings. The maximum Gasteiger partial charge on any atom is 0.350 e. The summed E-state index contributed by atoms with van der Waals surface area (Å²) in [6, 6.07) is 13.4. The van der Waals surface area contributed by atoms with E-state index in [0.717, 1.165) is 6.42 Å². The van der Waals surface area contributed by atoms with Gasteiger partial charge in [-0.3, -0.25) is 9.59 Å². The molecule has 1 spiro atoms. The first-order valence-corrected chi connectivity index (χ1v) is 14.1. The lowest BCUT2D eigenvalue weighted by atomic mass is 9.59. The van der Waals surface area contributed by atoms with Gasteiger partial charge in [-0.15, -0.1) is 0 Å². The molecule has 0 unspecified atom stereocenters. The van der Waals surface area contributed by atoms with Crippen LogP contribution in [0.1, 0.15) is 59.9 Å². The van der Waals surface area contributed by atoms with Crippen molar-refractivity contribution in [2.75, 3.05) is 12.4 Å². The molecule has 2 fully saturated rings. The van der Waals surface area contributed by atoms with Crippen molar-refractivity contribution in [3.8, 4) is 5.75 Å². The van der Waals surface area contributed by atoms with Gasteiger partial charge in [0.25, 0.3) is 0 Å². The maximum absolute atomic E-state index is 14.7. The summed E-state index contributed by atoms with van der Waals surface area (Å²) >= 11 is 12.8. The number of piperidine rings is 1. The summed E-state index contributed by atoms with van der Waals surface area (Å²) in [4.78, 5) is 40.6. The number of rotatable bonds is 5. The Morgan fingerprint density at radius 2 is 1.73 bits per heavy atom. The zero-order valence-corrected chi connectivity index (χ0v) is 23.9. The molecular formula is C31H27Cl2FN2O5. The van der Waals surface area contributed by atoms with E-state index in [-0.39, 0.29) is 18.2 Å². The first kappa shape index (κ1) is 27.5. The largest absolute Gasteiger partial charge is 0.475 e. The zero-order chi connectivity index (χ0) is 29.1. The number of nitrogens with one attached hydrogen (secondary N) is 2. The zero-order valence-electron chi connectivity index (χ0n) is 22.4. The van der Waals surface area contributed by atoms with Crippen LogP contribution in [0.3, 0.4) is 0 Å². The highest BCUT2D eigenvalue weighted by atomic mass is 35.5. The number of hydrogen-bond donors (Lipinski definition) is 2. The standard InChI is InChI=1S/C31H27Cl2FN2O5/c1-16-4-7-19(34)14-20(16)27-31(22-8-5-18(33)13-24(22)35-28(31)38)23(15-26(37)36-27)21-12-17(32)6-9-25(21)41-30(10-3-11-30)29(39)40-2/h4-9,12-14,23,27H,3,10-11,15H2,1-2H3,(H,35,38)(H,36,37)/t23-,27+,31-/m1/s1. The van der Waals surface area contributed by atoms with Crippen molar-refractivity contribution in [1.29, 1.82) is 0 Å². The molecule has 2 heterocycles. The van der Waals surface area contributed by atoms with Gasteiger partial charge in [-0.2, -0.15) is 0 Å². The van der Waals surface area contributed by atoms with Crippen molar-refractivity contribution in [3.63, 3.8) is 0 Å². The molecule has 3 aliphatic rings. The minimum Gasteiger partial charge on any atom is -0.475 e. The van der Waals surface area contributed by atoms with Gasteiger partial charge < -0.3 is 20.1 Å². The number of carbonyl (C=O) groups excluding carboxylic acids is 3. The molecular weight excluding hydrogens is 570 g/mol. The van der Waals surface area contributed by atoms with Crippen LogP contribution in [0.25, 0.3) is 0 Å². The van der Waals surface area contributed by atoms with E-state index in [1.165, 1.54) is 19.2 Å². The lowest BCUT2D eigenvalue weighted by Gasteiger charge is -2.47. The third-order valence-electron chi connectivity index (χ3n) is 8.67. The Labute approximate surface area is 246 Å². The molecule has 6 rings (SSSR count). The quantitative estimate of drug-likeness (QED) is 0.344. The fourth-order valence-corrected chi connectivity index (χ4v) is 6.92. The van der Waals surface area contributed by atoms with Gasteiger partial charge in [0, 0.05) is 33.6 Å². The Morgan fingerprint density at radius 3 is 2.44 bits per heavy atom. The van der Waals surface area contributed by atoms with Crippen LogP contribution in [0, 0.1) is 12.7 Å². The molecule has 10 heteroatoms. The number of anilines is 1. The molecule has 2 N–H and O–H groups in total. The van der Waals surface area contributed by atoms with E-state index in [0.29, 0.717) is 56.6 Å². The molecule has 3 aromatic carbocycles. The van der Waals surface area contributed by atoms with Gasteiger partial charge in [0.15, 0.2) is 0 Å². The Bertz CT molecular complexity index is 1610. The van der Waals surface area contributed by atoms with Gasteiger partial charge >= 0.3 is 5.97 Å². The number of hydrogen-bond acceptors (Lipinski definition) is 5. The SMILES string of the molecule is COC(=O)C1(Oc2ccc(Cl)cc2[C@H]2CC(=O)N[C@@H](c3cc(F)ccc3C)[C@]23C(=O)Nc2cc(Cl)ccc23)CCC1. The predicted molar refractivity (Wildman–Crippen MR) is 152 cm³/mol. The van der Waals surface area contributed by atoms with Crippen LogP contribution in [-0.2, 0) is 24.5 Å². The maximum atomic E-state index is 14.7. The lowest BCUT2D eigenvalue weighted by molar-refractivity contribution is -0.167. The average molecular weight is 597 g/mol. The van der Waals surface area contributed by atoms with E-state index in [1.807, 2.05) is 0 Å². The van der Waals surface area contributed by atoms with Gasteiger partial charge in [-0.25, -0.2) is 9.18 Å². The summed E-state index contributed by atoms with van der Waals surface area (Å²) in [7, 11) is 1.31. The average Bonchev–Trinajstić information content (AvgIpc) is 3.20. The molecule has 1 saturated heterocycles. The smallest absolute Gasteiger partial charge is 0.350 e. The minimum atomic E-state index is -1.44. The van der Waals surface area contributed by atoms with Gasteiger partial charge in [-0.05, 0) is 85.3 Å². The summed E-state index contributed by atoms with van der Waals surface area (Å²) in [5.41, 5.74) is 0.139. The molecule has 1 aliphatic carbocycles. The first-order valence-electron chi connectivity index (χ1n) is 13.3. The summed E-state index contributed by atoms with van der Waals surface area (Å²) < 4.78 is 26.2. The van der Waals surface area contributed by atoms with Crippen LogP contribution >= 0.6 is 23.2 Å². The van der Waals surface area contributed by atoms with Crippen LogP contribution in [0.2, 0.25) is 10.0 Å². The monoisotopic (exact) mass is 596 g/mol. The summed E-state index contributed by atoms with van der Waals surface area (Å²) in [5, 5.41) is 6.75. The Kier molecular flexibility index (Phi) is 6.74. The van der Waals surface area contributed by atoms with E-state index in [2.05, 4.69) is 10.6 Å². The van der Waals surface area contributed by atoms with Crippen molar-refractivity contribution >= 4 is 46.7 Å². The van der Waals surface area contributed by atoms with E-state index in [4.69, 9.17) is 32.7 Å². The molecule has 41 heavy (non-hydrogen) atoms. The van der Waals surface area contributed by atoms with Gasteiger partial charge in [0.1, 0.15) is 17.0 Å². The lowest BCUT2D eigenvalue weighted by Crippen LogP contribution is -2.57. The second kappa shape index (κ2) is 10.0. The van der Waals surface area contributed by atoms with E-state index >= 15 is 0 Å². The highest BCUT2D eigenvalue weighted by Gasteiger charge is 2.62. The van der Waals surface area contributed by atoms with Gasteiger partial charge in [-0.1, -0.05) is 35.3 Å². The minimum absolute atomic E-state index is 0.0950. The summed E-state index contributed by atoms with van der Waals surface area (Å²) in [6.07, 6.45) is 1.61. The molecule has 7 nitrogen and oxygen atoms in total. The van der Waals surface area contributed by atoms with Crippen LogP contribution in [0.15, 0.2) is 54.6 Å². The number of amides is 2. The first-order chi connectivity index (χ1) is 19.6. The number of aryl methyl sites for hydroxylation is 1. The Hall–Kier alpha value is -3.62. The van der Waals surface area contributed by atoms with Crippen LogP contribution in [0.4, 0.5) is 10.1 Å². The molecule has 0 bridgehead atoms. The van der Waals surface area contributed by atoms with Gasteiger partial charge in [0.2, 0.25) is 17.4 Å². The number of ether oxygens (including phenoxy) is 2. The molecule has 0 radical (unpaired) electrons. The second-order valence-corrected chi connectivity index (χ2v) is 11.8. The number of carbonyl (C=O) groups is 3. The van der Waals surface area contributed by atoms with E-state index in [9.17, 15) is 18.8 Å². The highest BCUT2D eigenvalue weighted by molar-refractivity contribution is 6.31. The highest BCUT2D eigenvalue weighted by Crippen LogP contribution is 2.59. The molecule has 2 amide bonds. The van der Waals surface area contributed by atoms with Crippen molar-refractivity contribution in [1.82, 2.24) is 5.32 Å². The number of fused-ring (bicyclic) bond motifs is 2. The molecule has 1 saturated carbocycles. The molecule has 2 aliphatic heterocycles. The number of esters is 1. The third-order valence-corrected chi connectivity index (χ3v) is 9.14. The van der Waals surface area contributed by atoms with Crippen molar-refractivity contribution in [2.45, 2.75) is 55.6 Å². The second-order valence-electron chi connectivity index (χ2n) is 10.9. The van der Waals surface area contributed by atoms with Crippen molar-refractivity contribution < 1.29 is 28.2 Å². The topological polar surface area (TPSA) is 93.7 Å². The molecule has 212 valence electrons. The van der Waals surface area contributed by atoms with Crippen molar-refractivity contribution in [2.24, 2.45) is 0 Å². The fourth-order valence-electron chi connectivity index (χ4n) is 6.57. The molecule has 3 atom stereocenters.